The molecule has 0 saturated carbocycles. The van der Waals surface area contributed by atoms with Crippen LogP contribution in [-0.4, -0.2) is 28.7 Å². The van der Waals surface area contributed by atoms with Gasteiger partial charge in [-0.2, -0.15) is 0 Å². The molecule has 0 amide bonds. The molecule has 2 aromatic carbocycles. The Morgan fingerprint density at radius 2 is 1.79 bits per heavy atom. The Morgan fingerprint density at radius 1 is 1.08 bits per heavy atom. The van der Waals surface area contributed by atoms with Gasteiger partial charge in [0, 0.05) is 13.7 Å². The van der Waals surface area contributed by atoms with E-state index in [4.69, 9.17) is 21.1 Å². The van der Waals surface area contributed by atoms with Gasteiger partial charge in [0.25, 0.3) is 0 Å². The first-order valence-corrected chi connectivity index (χ1v) is 9.25. The maximum atomic E-state index is 12.3. The zero-order chi connectivity index (χ0) is 17.6. The van der Waals surface area contributed by atoms with E-state index in [-0.39, 0.29) is 16.5 Å². The van der Waals surface area contributed by atoms with Crippen molar-refractivity contribution in [1.29, 1.82) is 0 Å². The Bertz CT molecular complexity index is 776. The van der Waals surface area contributed by atoms with Crippen molar-refractivity contribution in [3.8, 4) is 5.75 Å². The van der Waals surface area contributed by atoms with Gasteiger partial charge >= 0.3 is 0 Å². The van der Waals surface area contributed by atoms with Crippen molar-refractivity contribution in [2.45, 2.75) is 18.4 Å². The Kier molecular flexibility index (Phi) is 6.62. The number of methoxy groups -OCH3 is 1. The van der Waals surface area contributed by atoms with Crippen LogP contribution in [0.15, 0.2) is 47.4 Å². The summed E-state index contributed by atoms with van der Waals surface area (Å²) in [5.41, 5.74) is 1.73. The number of nitrogens with one attached hydrogen (secondary N) is 1. The number of aryl methyl sites for hydroxylation is 1. The van der Waals surface area contributed by atoms with Gasteiger partial charge in [-0.15, -0.1) is 0 Å². The number of halogens is 1. The SMILES string of the molecule is COCCOc1ccc(CNS(=O)(=O)c2ccc(C)cc2Cl)cc1. The molecule has 0 aliphatic rings. The van der Waals surface area contributed by atoms with Crippen LogP contribution in [0.4, 0.5) is 0 Å². The van der Waals surface area contributed by atoms with Crippen LogP contribution in [0.25, 0.3) is 0 Å². The molecule has 130 valence electrons. The summed E-state index contributed by atoms with van der Waals surface area (Å²) in [5, 5.41) is 0.212. The second-order valence-corrected chi connectivity index (χ2v) is 7.39. The average Bonchev–Trinajstić information content (AvgIpc) is 2.54. The molecule has 0 aliphatic carbocycles. The van der Waals surface area contributed by atoms with Crippen LogP contribution in [0.2, 0.25) is 5.02 Å². The monoisotopic (exact) mass is 369 g/mol. The first-order valence-electron chi connectivity index (χ1n) is 7.39. The summed E-state index contributed by atoms with van der Waals surface area (Å²) in [6, 6.07) is 12.0. The summed E-state index contributed by atoms with van der Waals surface area (Å²) in [7, 11) is -2.05. The second kappa shape index (κ2) is 8.48. The van der Waals surface area contributed by atoms with E-state index in [1.165, 1.54) is 6.07 Å². The van der Waals surface area contributed by atoms with Crippen molar-refractivity contribution in [2.24, 2.45) is 0 Å². The van der Waals surface area contributed by atoms with Crippen LogP contribution in [0, 0.1) is 6.92 Å². The number of sulfonamides is 1. The third-order valence-corrected chi connectivity index (χ3v) is 5.21. The smallest absolute Gasteiger partial charge is 0.242 e. The van der Waals surface area contributed by atoms with Crippen molar-refractivity contribution in [2.75, 3.05) is 20.3 Å². The molecule has 2 aromatic rings. The van der Waals surface area contributed by atoms with E-state index >= 15 is 0 Å². The number of hydrogen-bond acceptors (Lipinski definition) is 4. The molecule has 7 heteroatoms. The number of ether oxygens (including phenoxy) is 2. The average molecular weight is 370 g/mol. The van der Waals surface area contributed by atoms with Crippen molar-refractivity contribution >= 4 is 21.6 Å². The summed E-state index contributed by atoms with van der Waals surface area (Å²) in [6.45, 7) is 3.00. The molecule has 0 saturated heterocycles. The predicted octanol–water partition coefficient (Wildman–Crippen LogP) is 3.15. The van der Waals surface area contributed by atoms with E-state index < -0.39 is 10.0 Å². The predicted molar refractivity (Wildman–Crippen MR) is 94.0 cm³/mol. The molecule has 0 heterocycles. The zero-order valence-electron chi connectivity index (χ0n) is 13.6. The Labute approximate surface area is 147 Å². The Balaban J connectivity index is 1.99. The second-order valence-electron chi connectivity index (χ2n) is 5.24. The molecule has 0 spiro atoms. The molecule has 24 heavy (non-hydrogen) atoms. The van der Waals surface area contributed by atoms with Crippen molar-refractivity contribution in [3.05, 3.63) is 58.6 Å². The maximum absolute atomic E-state index is 12.3. The normalized spacial score (nSPS) is 11.5. The summed E-state index contributed by atoms with van der Waals surface area (Å²) in [5.74, 6) is 0.709. The van der Waals surface area contributed by atoms with Gasteiger partial charge in [0.05, 0.1) is 11.6 Å². The third kappa shape index (κ3) is 5.21. The van der Waals surface area contributed by atoms with Crippen LogP contribution in [0.3, 0.4) is 0 Å². The molecule has 0 aromatic heterocycles. The van der Waals surface area contributed by atoms with E-state index in [0.717, 1.165) is 11.1 Å². The van der Waals surface area contributed by atoms with Crippen LogP contribution in [0.1, 0.15) is 11.1 Å². The van der Waals surface area contributed by atoms with E-state index in [1.54, 1.807) is 43.5 Å². The van der Waals surface area contributed by atoms with Crippen LogP contribution in [0.5, 0.6) is 5.75 Å². The van der Waals surface area contributed by atoms with E-state index in [1.807, 2.05) is 6.92 Å². The highest BCUT2D eigenvalue weighted by Crippen LogP contribution is 2.22. The fourth-order valence-corrected chi connectivity index (χ4v) is 3.64. The molecular weight excluding hydrogens is 350 g/mol. The van der Waals surface area contributed by atoms with Gasteiger partial charge in [0.15, 0.2) is 0 Å². The Morgan fingerprint density at radius 3 is 2.42 bits per heavy atom. The molecule has 2 rings (SSSR count). The lowest BCUT2D eigenvalue weighted by Crippen LogP contribution is -2.23. The van der Waals surface area contributed by atoms with Gasteiger partial charge in [0.2, 0.25) is 10.0 Å². The minimum Gasteiger partial charge on any atom is -0.491 e. The minimum absolute atomic E-state index is 0.0780. The van der Waals surface area contributed by atoms with Gasteiger partial charge in [0.1, 0.15) is 17.3 Å². The van der Waals surface area contributed by atoms with E-state index in [2.05, 4.69) is 4.72 Å². The molecule has 5 nitrogen and oxygen atoms in total. The Hall–Kier alpha value is -1.60. The van der Waals surface area contributed by atoms with Crippen LogP contribution >= 0.6 is 11.6 Å². The van der Waals surface area contributed by atoms with Crippen LogP contribution in [-0.2, 0) is 21.3 Å². The quantitative estimate of drug-likeness (QED) is 0.726. The lowest BCUT2D eigenvalue weighted by molar-refractivity contribution is 0.146. The number of rotatable bonds is 8. The van der Waals surface area contributed by atoms with E-state index in [0.29, 0.717) is 19.0 Å². The summed E-state index contributed by atoms with van der Waals surface area (Å²) >= 11 is 6.03. The highest BCUT2D eigenvalue weighted by Gasteiger charge is 2.17. The molecule has 0 fully saturated rings. The van der Waals surface area contributed by atoms with Crippen molar-refractivity contribution < 1.29 is 17.9 Å². The molecule has 0 radical (unpaired) electrons. The molecule has 1 N–H and O–H groups in total. The molecule has 0 unspecified atom stereocenters. The number of hydrogen-bond donors (Lipinski definition) is 1. The van der Waals surface area contributed by atoms with Crippen molar-refractivity contribution in [1.82, 2.24) is 4.72 Å². The summed E-state index contributed by atoms with van der Waals surface area (Å²) in [6.07, 6.45) is 0. The number of benzene rings is 2. The lowest BCUT2D eigenvalue weighted by Gasteiger charge is -2.10. The molecule has 0 bridgehead atoms. The summed E-state index contributed by atoms with van der Waals surface area (Å²) < 4.78 is 37.6. The molecular formula is C17H20ClNO4S. The van der Waals surface area contributed by atoms with Gasteiger partial charge in [-0.05, 0) is 42.3 Å². The lowest BCUT2D eigenvalue weighted by atomic mass is 10.2. The zero-order valence-corrected chi connectivity index (χ0v) is 15.2. The van der Waals surface area contributed by atoms with E-state index in [9.17, 15) is 8.42 Å². The first-order chi connectivity index (χ1) is 11.4. The largest absolute Gasteiger partial charge is 0.491 e. The fraction of sp³-hybridized carbons (Fsp3) is 0.294. The fourth-order valence-electron chi connectivity index (χ4n) is 2.03. The maximum Gasteiger partial charge on any atom is 0.242 e. The van der Waals surface area contributed by atoms with Gasteiger partial charge in [-0.1, -0.05) is 29.8 Å². The van der Waals surface area contributed by atoms with Gasteiger partial charge in [-0.25, -0.2) is 13.1 Å². The minimum atomic E-state index is -3.66. The highest BCUT2D eigenvalue weighted by atomic mass is 35.5. The molecule has 0 atom stereocenters. The third-order valence-electron chi connectivity index (χ3n) is 3.32. The standard InChI is InChI=1S/C17H20ClNO4S/c1-13-3-8-17(16(18)11-13)24(20,21)19-12-14-4-6-15(7-5-14)23-10-9-22-2/h3-8,11,19H,9-10,12H2,1-2H3. The van der Waals surface area contributed by atoms with Gasteiger partial charge in [-0.3, -0.25) is 0 Å². The van der Waals surface area contributed by atoms with Crippen LogP contribution < -0.4 is 9.46 Å². The highest BCUT2D eigenvalue weighted by molar-refractivity contribution is 7.89. The topological polar surface area (TPSA) is 64.6 Å². The first kappa shape index (κ1) is 18.7. The van der Waals surface area contributed by atoms with Gasteiger partial charge < -0.3 is 9.47 Å². The van der Waals surface area contributed by atoms with Crippen molar-refractivity contribution in [3.63, 3.8) is 0 Å². The summed E-state index contributed by atoms with van der Waals surface area (Å²) in [4.78, 5) is 0.0780. The molecule has 0 aliphatic heterocycles.